The molecular weight excluding hydrogens is 518 g/mol. The minimum Gasteiger partial charge on any atom is -0.465 e. The highest BCUT2D eigenvalue weighted by Crippen LogP contribution is 2.27. The van der Waals surface area contributed by atoms with Crippen LogP contribution in [0.5, 0.6) is 0 Å². The number of rotatable bonds is 14. The van der Waals surface area contributed by atoms with Gasteiger partial charge in [-0.15, -0.1) is 0 Å². The van der Waals surface area contributed by atoms with E-state index in [9.17, 15) is 14.4 Å². The standard InChI is InChI=1S/C33H37N3O5/c1-24(17-19-35-33(39)40-23-25-11-5-2-6-12-25)21-30(37)34-20-18-28(26-13-7-3-8-14-26)31(38)32-36-22-29(41-32)27-15-9-4-10-16-27/h2-16,24,28-29H,17-23H2,1H3,(H,34,37)(H,35,39). The van der Waals surface area contributed by atoms with Crippen LogP contribution in [0, 0.1) is 5.92 Å². The smallest absolute Gasteiger partial charge is 0.407 e. The monoisotopic (exact) mass is 555 g/mol. The number of hydrogen-bond donors (Lipinski definition) is 2. The fourth-order valence-electron chi connectivity index (χ4n) is 4.68. The molecule has 1 aliphatic heterocycles. The van der Waals surface area contributed by atoms with Crippen LogP contribution in [0.25, 0.3) is 0 Å². The Hall–Kier alpha value is -4.46. The van der Waals surface area contributed by atoms with E-state index in [0.717, 1.165) is 16.7 Å². The molecule has 3 unspecified atom stereocenters. The molecule has 0 aromatic heterocycles. The van der Waals surface area contributed by atoms with E-state index in [4.69, 9.17) is 9.47 Å². The highest BCUT2D eigenvalue weighted by atomic mass is 16.5. The number of ether oxygens (including phenoxy) is 2. The quantitative estimate of drug-likeness (QED) is 0.279. The summed E-state index contributed by atoms with van der Waals surface area (Å²) in [6.45, 7) is 3.34. The van der Waals surface area contributed by atoms with Crippen LogP contribution in [-0.2, 0) is 25.7 Å². The Kier molecular flexibility index (Phi) is 11.1. The van der Waals surface area contributed by atoms with Crippen molar-refractivity contribution in [1.29, 1.82) is 0 Å². The summed E-state index contributed by atoms with van der Waals surface area (Å²) in [5, 5.41) is 5.68. The van der Waals surface area contributed by atoms with Gasteiger partial charge in [-0.3, -0.25) is 9.59 Å². The lowest BCUT2D eigenvalue weighted by Crippen LogP contribution is -2.31. The van der Waals surface area contributed by atoms with Crippen LogP contribution in [0.2, 0.25) is 0 Å². The first-order valence-electron chi connectivity index (χ1n) is 14.1. The van der Waals surface area contributed by atoms with Crippen LogP contribution in [0.3, 0.4) is 0 Å². The number of nitrogens with one attached hydrogen (secondary N) is 2. The lowest BCUT2D eigenvalue weighted by molar-refractivity contribution is -0.122. The first-order chi connectivity index (χ1) is 20.0. The van der Waals surface area contributed by atoms with E-state index in [1.807, 2.05) is 97.9 Å². The second-order valence-electron chi connectivity index (χ2n) is 10.2. The number of hydrogen-bond acceptors (Lipinski definition) is 6. The van der Waals surface area contributed by atoms with Gasteiger partial charge >= 0.3 is 6.09 Å². The maximum absolute atomic E-state index is 13.5. The second-order valence-corrected chi connectivity index (χ2v) is 10.2. The lowest BCUT2D eigenvalue weighted by atomic mass is 9.91. The van der Waals surface area contributed by atoms with E-state index in [-0.39, 0.29) is 36.2 Å². The van der Waals surface area contributed by atoms with Gasteiger partial charge in [0.2, 0.25) is 11.7 Å². The molecule has 0 saturated carbocycles. The topological polar surface area (TPSA) is 106 Å². The third kappa shape index (κ3) is 9.31. The number of alkyl carbamates (subject to hydrolysis) is 1. The summed E-state index contributed by atoms with van der Waals surface area (Å²) < 4.78 is 11.2. The zero-order valence-electron chi connectivity index (χ0n) is 23.3. The highest BCUT2D eigenvalue weighted by Gasteiger charge is 2.32. The predicted molar refractivity (Wildman–Crippen MR) is 157 cm³/mol. The molecule has 0 bridgehead atoms. The minimum absolute atomic E-state index is 0.0622. The molecule has 1 aliphatic rings. The third-order valence-electron chi connectivity index (χ3n) is 6.96. The van der Waals surface area contributed by atoms with Crippen LogP contribution in [0.1, 0.15) is 54.9 Å². The first kappa shape index (κ1) is 29.5. The molecule has 8 heteroatoms. The van der Waals surface area contributed by atoms with Gasteiger partial charge in [0.05, 0.1) is 12.5 Å². The van der Waals surface area contributed by atoms with Crippen molar-refractivity contribution in [3.63, 3.8) is 0 Å². The number of Topliss-reactive ketones (excluding diaryl/α,β-unsaturated/α-hetero) is 1. The number of amides is 2. The molecule has 3 aromatic carbocycles. The zero-order chi connectivity index (χ0) is 28.9. The molecule has 2 amide bonds. The van der Waals surface area contributed by atoms with Gasteiger partial charge in [-0.2, -0.15) is 0 Å². The number of aliphatic imine (C=N–C) groups is 1. The maximum atomic E-state index is 13.5. The average Bonchev–Trinajstić information content (AvgIpc) is 3.50. The number of carbonyl (C=O) groups excluding carboxylic acids is 3. The summed E-state index contributed by atoms with van der Waals surface area (Å²) in [5.74, 6) is -0.549. The number of benzene rings is 3. The number of ketones is 1. The van der Waals surface area contributed by atoms with Crippen molar-refractivity contribution in [3.05, 3.63) is 108 Å². The molecule has 3 atom stereocenters. The molecule has 0 saturated heterocycles. The van der Waals surface area contributed by atoms with Crippen LogP contribution in [0.15, 0.2) is 96.0 Å². The van der Waals surface area contributed by atoms with Crippen molar-refractivity contribution < 1.29 is 23.9 Å². The first-order valence-corrected chi connectivity index (χ1v) is 14.1. The van der Waals surface area contributed by atoms with E-state index >= 15 is 0 Å². The summed E-state index contributed by atoms with van der Waals surface area (Å²) in [5.41, 5.74) is 2.76. The molecule has 41 heavy (non-hydrogen) atoms. The van der Waals surface area contributed by atoms with Gasteiger partial charge in [-0.25, -0.2) is 9.79 Å². The third-order valence-corrected chi connectivity index (χ3v) is 6.96. The largest absolute Gasteiger partial charge is 0.465 e. The lowest BCUT2D eigenvalue weighted by Gasteiger charge is -2.18. The Balaban J connectivity index is 1.19. The molecule has 0 radical (unpaired) electrons. The summed E-state index contributed by atoms with van der Waals surface area (Å²) >= 11 is 0. The second kappa shape index (κ2) is 15.4. The average molecular weight is 556 g/mol. The van der Waals surface area contributed by atoms with Crippen LogP contribution in [-0.4, -0.2) is 43.3 Å². The fourth-order valence-corrected chi connectivity index (χ4v) is 4.68. The van der Waals surface area contributed by atoms with Crippen molar-refractivity contribution in [1.82, 2.24) is 10.6 Å². The molecule has 8 nitrogen and oxygen atoms in total. The van der Waals surface area contributed by atoms with Crippen molar-refractivity contribution in [2.75, 3.05) is 19.6 Å². The Morgan fingerprint density at radius 2 is 1.51 bits per heavy atom. The van der Waals surface area contributed by atoms with Crippen molar-refractivity contribution in [2.24, 2.45) is 10.9 Å². The molecule has 4 rings (SSSR count). The molecular formula is C33H37N3O5. The zero-order valence-corrected chi connectivity index (χ0v) is 23.3. The number of carbonyl (C=O) groups is 3. The van der Waals surface area contributed by atoms with Crippen molar-refractivity contribution >= 4 is 23.7 Å². The Morgan fingerprint density at radius 1 is 0.878 bits per heavy atom. The highest BCUT2D eigenvalue weighted by molar-refractivity contribution is 6.38. The summed E-state index contributed by atoms with van der Waals surface area (Å²) in [6.07, 6.45) is 0.634. The molecule has 0 spiro atoms. The molecule has 0 aliphatic carbocycles. The van der Waals surface area contributed by atoms with Gasteiger partial charge < -0.3 is 20.1 Å². The molecule has 0 fully saturated rings. The molecule has 1 heterocycles. The van der Waals surface area contributed by atoms with Gasteiger partial charge in [0.1, 0.15) is 12.7 Å². The van der Waals surface area contributed by atoms with E-state index in [2.05, 4.69) is 15.6 Å². The van der Waals surface area contributed by atoms with Gasteiger partial charge in [0.25, 0.3) is 5.90 Å². The summed E-state index contributed by atoms with van der Waals surface area (Å²) in [6, 6.07) is 28.7. The number of nitrogens with zero attached hydrogens (tertiary/aromatic N) is 1. The minimum atomic E-state index is -0.479. The molecule has 2 N–H and O–H groups in total. The van der Waals surface area contributed by atoms with Gasteiger partial charge in [-0.1, -0.05) is 97.9 Å². The Morgan fingerprint density at radius 3 is 2.22 bits per heavy atom. The Bertz CT molecular complexity index is 1300. The van der Waals surface area contributed by atoms with Gasteiger partial charge in [0, 0.05) is 19.5 Å². The molecule has 3 aromatic rings. The SMILES string of the molecule is CC(CCNC(=O)OCc1ccccc1)CC(=O)NCCC(C(=O)C1=NCC(c2ccccc2)O1)c1ccccc1. The van der Waals surface area contributed by atoms with E-state index in [1.54, 1.807) is 0 Å². The van der Waals surface area contributed by atoms with E-state index in [0.29, 0.717) is 38.9 Å². The van der Waals surface area contributed by atoms with Crippen molar-refractivity contribution in [3.8, 4) is 0 Å². The van der Waals surface area contributed by atoms with Crippen LogP contribution >= 0.6 is 0 Å². The summed E-state index contributed by atoms with van der Waals surface area (Å²) in [7, 11) is 0. The van der Waals surface area contributed by atoms with Crippen LogP contribution in [0.4, 0.5) is 4.79 Å². The van der Waals surface area contributed by atoms with Gasteiger partial charge in [-0.05, 0) is 35.4 Å². The van der Waals surface area contributed by atoms with Gasteiger partial charge in [0.15, 0.2) is 0 Å². The Labute approximate surface area is 241 Å². The fraction of sp³-hybridized carbons (Fsp3) is 0.333. The maximum Gasteiger partial charge on any atom is 0.407 e. The van der Waals surface area contributed by atoms with Crippen LogP contribution < -0.4 is 10.6 Å². The van der Waals surface area contributed by atoms with E-state index in [1.165, 1.54) is 0 Å². The predicted octanol–water partition coefficient (Wildman–Crippen LogP) is 5.36. The molecule has 214 valence electrons. The normalized spacial score (nSPS) is 15.6. The van der Waals surface area contributed by atoms with Crippen molar-refractivity contribution in [2.45, 2.75) is 44.8 Å². The summed E-state index contributed by atoms with van der Waals surface area (Å²) in [4.78, 5) is 42.4. The van der Waals surface area contributed by atoms with E-state index < -0.39 is 12.0 Å².